The highest BCUT2D eigenvalue weighted by Gasteiger charge is 2.23. The van der Waals surface area contributed by atoms with Crippen LogP contribution in [0.5, 0.6) is 0 Å². The molecule has 108 valence electrons. The second kappa shape index (κ2) is 5.86. The molecule has 20 heavy (non-hydrogen) atoms. The van der Waals surface area contributed by atoms with E-state index >= 15 is 0 Å². The lowest BCUT2D eigenvalue weighted by Gasteiger charge is -2.22. The molecule has 3 rings (SSSR count). The highest BCUT2D eigenvalue weighted by Crippen LogP contribution is 2.30. The normalized spacial score (nSPS) is 21.4. The Morgan fingerprint density at radius 3 is 2.45 bits per heavy atom. The van der Waals surface area contributed by atoms with Crippen LogP contribution in [0.4, 0.5) is 11.4 Å². The fourth-order valence-corrected chi connectivity index (χ4v) is 3.50. The van der Waals surface area contributed by atoms with Gasteiger partial charge in [-0.15, -0.1) is 0 Å². The maximum Gasteiger partial charge on any atom is 0.227 e. The van der Waals surface area contributed by atoms with Crippen molar-refractivity contribution in [3.63, 3.8) is 0 Å². The molecule has 1 aliphatic carbocycles. The molecule has 3 heteroatoms. The molecule has 1 aromatic carbocycles. The summed E-state index contributed by atoms with van der Waals surface area (Å²) in [6.45, 7) is 3.15. The summed E-state index contributed by atoms with van der Waals surface area (Å²) in [6, 6.07) is 8.87. The van der Waals surface area contributed by atoms with Crippen LogP contribution >= 0.6 is 0 Å². The third-order valence-electron chi connectivity index (χ3n) is 4.75. The highest BCUT2D eigenvalue weighted by molar-refractivity contribution is 5.95. The van der Waals surface area contributed by atoms with E-state index < -0.39 is 0 Å². The van der Waals surface area contributed by atoms with Gasteiger partial charge in [0, 0.05) is 30.4 Å². The zero-order valence-corrected chi connectivity index (χ0v) is 12.3. The van der Waals surface area contributed by atoms with E-state index in [1.165, 1.54) is 31.4 Å². The van der Waals surface area contributed by atoms with Crippen LogP contribution in [0.3, 0.4) is 0 Å². The largest absolute Gasteiger partial charge is 0.382 e. The van der Waals surface area contributed by atoms with Gasteiger partial charge in [0.05, 0.1) is 0 Å². The number of benzene rings is 1. The Labute approximate surface area is 121 Å². The van der Waals surface area contributed by atoms with Crippen molar-refractivity contribution in [2.45, 2.75) is 51.5 Å². The average Bonchev–Trinajstić information content (AvgIpc) is 3.11. The summed E-state index contributed by atoms with van der Waals surface area (Å²) in [4.78, 5) is 13.6. The minimum atomic E-state index is 0.255. The number of anilines is 2. The summed E-state index contributed by atoms with van der Waals surface area (Å²) in [7, 11) is 0. The molecule has 2 fully saturated rings. The van der Waals surface area contributed by atoms with Crippen LogP contribution in [-0.2, 0) is 4.79 Å². The molecule has 0 aromatic heterocycles. The summed E-state index contributed by atoms with van der Waals surface area (Å²) in [5, 5.41) is 3.61. The maximum absolute atomic E-state index is 11.7. The van der Waals surface area contributed by atoms with E-state index in [-0.39, 0.29) is 5.91 Å². The Morgan fingerprint density at radius 1 is 1.15 bits per heavy atom. The van der Waals surface area contributed by atoms with Crippen molar-refractivity contribution in [1.82, 2.24) is 0 Å². The first kappa shape index (κ1) is 13.5. The van der Waals surface area contributed by atoms with E-state index in [4.69, 9.17) is 0 Å². The Kier molecular flexibility index (Phi) is 3.95. The Hall–Kier alpha value is -1.51. The molecule has 0 bridgehead atoms. The van der Waals surface area contributed by atoms with Gasteiger partial charge in [-0.05, 0) is 56.4 Å². The molecule has 2 aliphatic rings. The summed E-state index contributed by atoms with van der Waals surface area (Å²) in [5.74, 6) is 1.07. The van der Waals surface area contributed by atoms with Gasteiger partial charge in [0.1, 0.15) is 0 Å². The zero-order valence-electron chi connectivity index (χ0n) is 12.3. The van der Waals surface area contributed by atoms with Crippen LogP contribution in [-0.4, -0.2) is 18.5 Å². The third-order valence-corrected chi connectivity index (χ3v) is 4.75. The highest BCUT2D eigenvalue weighted by atomic mass is 16.2. The second-order valence-electron chi connectivity index (χ2n) is 6.17. The summed E-state index contributed by atoms with van der Waals surface area (Å²) >= 11 is 0. The van der Waals surface area contributed by atoms with E-state index in [2.05, 4.69) is 36.5 Å². The van der Waals surface area contributed by atoms with Crippen LogP contribution < -0.4 is 10.2 Å². The summed E-state index contributed by atoms with van der Waals surface area (Å²) in [6.07, 6.45) is 7.15. The molecule has 1 amide bonds. The number of hydrogen-bond acceptors (Lipinski definition) is 2. The predicted molar refractivity (Wildman–Crippen MR) is 83.1 cm³/mol. The Bertz CT molecular complexity index is 462. The molecule has 1 heterocycles. The van der Waals surface area contributed by atoms with Crippen molar-refractivity contribution in [1.29, 1.82) is 0 Å². The summed E-state index contributed by atoms with van der Waals surface area (Å²) < 4.78 is 0. The second-order valence-corrected chi connectivity index (χ2v) is 6.17. The molecule has 1 aromatic rings. The molecule has 1 aliphatic heterocycles. The van der Waals surface area contributed by atoms with Crippen LogP contribution in [0.15, 0.2) is 24.3 Å². The van der Waals surface area contributed by atoms with Gasteiger partial charge in [-0.1, -0.05) is 12.8 Å². The number of hydrogen-bond donors (Lipinski definition) is 1. The Balaban J connectivity index is 1.62. The molecule has 1 atom stereocenters. The molecule has 1 N–H and O–H groups in total. The van der Waals surface area contributed by atoms with Gasteiger partial charge in [0.25, 0.3) is 0 Å². The SMILES string of the molecule is CC(Nc1ccc(N2CCCC2=O)cc1)C1CCCC1. The van der Waals surface area contributed by atoms with Crippen molar-refractivity contribution >= 4 is 17.3 Å². The van der Waals surface area contributed by atoms with Crippen molar-refractivity contribution in [2.24, 2.45) is 5.92 Å². The number of amides is 1. The molecular formula is C17H24N2O. The lowest BCUT2D eigenvalue weighted by atomic mass is 9.99. The quantitative estimate of drug-likeness (QED) is 0.904. The van der Waals surface area contributed by atoms with Gasteiger partial charge < -0.3 is 10.2 Å². The fourth-order valence-electron chi connectivity index (χ4n) is 3.50. The number of carbonyl (C=O) groups excluding carboxylic acids is 1. The minimum Gasteiger partial charge on any atom is -0.382 e. The van der Waals surface area contributed by atoms with Gasteiger partial charge in [-0.2, -0.15) is 0 Å². The molecule has 1 saturated heterocycles. The molecule has 1 unspecified atom stereocenters. The van der Waals surface area contributed by atoms with Crippen molar-refractivity contribution < 1.29 is 4.79 Å². The number of rotatable bonds is 4. The van der Waals surface area contributed by atoms with Gasteiger partial charge in [-0.3, -0.25) is 4.79 Å². The number of carbonyl (C=O) groups is 1. The fraction of sp³-hybridized carbons (Fsp3) is 0.588. The van der Waals surface area contributed by atoms with Crippen molar-refractivity contribution in [3.05, 3.63) is 24.3 Å². The van der Waals surface area contributed by atoms with E-state index in [9.17, 15) is 4.79 Å². The minimum absolute atomic E-state index is 0.255. The standard InChI is InChI=1S/C17H24N2O/c1-13(14-5-2-3-6-14)18-15-8-10-16(11-9-15)19-12-4-7-17(19)20/h8-11,13-14,18H,2-7,12H2,1H3. The van der Waals surface area contributed by atoms with Gasteiger partial charge >= 0.3 is 0 Å². The molecule has 0 spiro atoms. The molecule has 1 saturated carbocycles. The van der Waals surface area contributed by atoms with Gasteiger partial charge in [-0.25, -0.2) is 0 Å². The van der Waals surface area contributed by atoms with E-state index in [1.54, 1.807) is 0 Å². The predicted octanol–water partition coefficient (Wildman–Crippen LogP) is 3.80. The van der Waals surface area contributed by atoms with E-state index in [0.29, 0.717) is 12.5 Å². The third kappa shape index (κ3) is 2.82. The zero-order chi connectivity index (χ0) is 13.9. The van der Waals surface area contributed by atoms with Crippen LogP contribution in [0, 0.1) is 5.92 Å². The van der Waals surface area contributed by atoms with E-state index in [1.807, 2.05) is 4.90 Å². The molecule has 3 nitrogen and oxygen atoms in total. The molecular weight excluding hydrogens is 248 g/mol. The van der Waals surface area contributed by atoms with Crippen LogP contribution in [0.2, 0.25) is 0 Å². The van der Waals surface area contributed by atoms with Crippen LogP contribution in [0.1, 0.15) is 45.4 Å². The summed E-state index contributed by atoms with van der Waals surface area (Å²) in [5.41, 5.74) is 2.20. The number of nitrogens with one attached hydrogen (secondary N) is 1. The van der Waals surface area contributed by atoms with Crippen molar-refractivity contribution in [3.8, 4) is 0 Å². The average molecular weight is 272 g/mol. The van der Waals surface area contributed by atoms with Gasteiger partial charge in [0.15, 0.2) is 0 Å². The monoisotopic (exact) mass is 272 g/mol. The lowest BCUT2D eigenvalue weighted by Crippen LogP contribution is -2.24. The first-order valence-electron chi connectivity index (χ1n) is 7.91. The lowest BCUT2D eigenvalue weighted by molar-refractivity contribution is -0.117. The number of nitrogens with zero attached hydrogens (tertiary/aromatic N) is 1. The van der Waals surface area contributed by atoms with Gasteiger partial charge in [0.2, 0.25) is 5.91 Å². The van der Waals surface area contributed by atoms with Crippen molar-refractivity contribution in [2.75, 3.05) is 16.8 Å². The Morgan fingerprint density at radius 2 is 1.85 bits per heavy atom. The molecule has 0 radical (unpaired) electrons. The smallest absolute Gasteiger partial charge is 0.227 e. The maximum atomic E-state index is 11.7. The first-order chi connectivity index (χ1) is 9.74. The topological polar surface area (TPSA) is 32.3 Å². The first-order valence-corrected chi connectivity index (χ1v) is 7.91. The van der Waals surface area contributed by atoms with Crippen LogP contribution in [0.25, 0.3) is 0 Å². The van der Waals surface area contributed by atoms with E-state index in [0.717, 1.165) is 24.6 Å².